The average Bonchev–Trinajstić information content (AvgIpc) is 3.02. The lowest BCUT2D eigenvalue weighted by Gasteiger charge is -2.25. The number of methoxy groups -OCH3 is 2. The number of β-amino-alcohol motifs (C(OH)–C–C–N with tert-alkyl or cyclic N) is 1. The monoisotopic (exact) mass is 385 g/mol. The molecule has 0 amide bonds. The third kappa shape index (κ3) is 2.97. The lowest BCUT2D eigenvalue weighted by molar-refractivity contribution is -0.656. The molecule has 1 N–H and O–H groups in total. The molecule has 4 rings (SSSR count). The number of aliphatic hydroxyl groups is 1. The number of anilines is 1. The first-order valence-corrected chi connectivity index (χ1v) is 10.1. The predicted molar refractivity (Wildman–Crippen MR) is 109 cm³/mol. The number of aryl methyl sites for hydroxylation is 1. The summed E-state index contributed by atoms with van der Waals surface area (Å²) < 4.78 is 13.0. The fraction of sp³-hybridized carbons (Fsp3) is 0.381. The fourth-order valence-corrected chi connectivity index (χ4v) is 5.06. The molecule has 0 saturated carbocycles. The summed E-state index contributed by atoms with van der Waals surface area (Å²) in [6, 6.07) is 14.0. The maximum absolute atomic E-state index is 11.8. The molecule has 5 nitrogen and oxygen atoms in total. The Hall–Kier alpha value is -2.18. The lowest BCUT2D eigenvalue weighted by Crippen LogP contribution is -2.41. The maximum atomic E-state index is 11.8. The Balaban J connectivity index is 1.81. The molecule has 0 aliphatic carbocycles. The van der Waals surface area contributed by atoms with Crippen molar-refractivity contribution in [3.05, 3.63) is 53.6 Å². The van der Waals surface area contributed by atoms with Crippen LogP contribution >= 0.6 is 11.8 Å². The maximum Gasteiger partial charge on any atom is 0.316 e. The highest BCUT2D eigenvalue weighted by atomic mass is 32.2. The van der Waals surface area contributed by atoms with E-state index in [2.05, 4.69) is 34.6 Å². The minimum atomic E-state index is -1.11. The number of para-hydroxylation sites is 1. The van der Waals surface area contributed by atoms with Crippen LogP contribution in [-0.2, 0) is 5.72 Å². The van der Waals surface area contributed by atoms with E-state index in [0.717, 1.165) is 35.1 Å². The molecule has 2 aromatic carbocycles. The van der Waals surface area contributed by atoms with Gasteiger partial charge in [-0.05, 0) is 54.9 Å². The van der Waals surface area contributed by atoms with Gasteiger partial charge in [0.15, 0.2) is 18.0 Å². The molecule has 0 spiro atoms. The molecule has 2 heterocycles. The summed E-state index contributed by atoms with van der Waals surface area (Å²) >= 11 is 1.81. The summed E-state index contributed by atoms with van der Waals surface area (Å²) in [5.74, 6) is 2.36. The van der Waals surface area contributed by atoms with E-state index in [0.29, 0.717) is 18.0 Å². The van der Waals surface area contributed by atoms with Crippen molar-refractivity contribution in [1.29, 1.82) is 0 Å². The van der Waals surface area contributed by atoms with Crippen LogP contribution in [0.1, 0.15) is 17.5 Å². The third-order valence-electron chi connectivity index (χ3n) is 5.30. The number of ether oxygens (including phenoxy) is 2. The Kier molecular flexibility index (Phi) is 4.78. The van der Waals surface area contributed by atoms with Gasteiger partial charge in [0, 0.05) is 11.3 Å². The van der Waals surface area contributed by atoms with Crippen molar-refractivity contribution >= 4 is 22.6 Å². The van der Waals surface area contributed by atoms with Crippen LogP contribution in [0.3, 0.4) is 0 Å². The molecule has 6 heteroatoms. The normalized spacial score (nSPS) is 22.0. The standard InChI is InChI=1S/C21H25N2O3S/c1-15-7-4-5-8-17(15)22-14-21(24,23-11-6-12-27-20(22)23)16-9-10-18(25-2)19(13-16)26-3/h4-5,7-10,13,24H,6,11-12,14H2,1-3H3/q+1/t21-/m0/s1. The SMILES string of the molecule is COc1ccc([C@@]2(O)CN(c3ccccc3C)C3=[N+]2CCCS3)cc1OC. The number of hydrogen-bond donors (Lipinski definition) is 1. The van der Waals surface area contributed by atoms with Gasteiger partial charge in [-0.2, -0.15) is 0 Å². The van der Waals surface area contributed by atoms with Crippen molar-refractivity contribution < 1.29 is 19.2 Å². The Labute approximate surface area is 164 Å². The lowest BCUT2D eigenvalue weighted by atomic mass is 10.0. The van der Waals surface area contributed by atoms with Crippen LogP contribution in [-0.4, -0.2) is 47.9 Å². The molecule has 0 saturated heterocycles. The van der Waals surface area contributed by atoms with Crippen LogP contribution in [0.5, 0.6) is 11.5 Å². The molecule has 2 aliphatic heterocycles. The van der Waals surface area contributed by atoms with E-state index in [-0.39, 0.29) is 0 Å². The van der Waals surface area contributed by atoms with Crippen molar-refractivity contribution in [3.63, 3.8) is 0 Å². The molecular formula is C21H25N2O3S+. The Morgan fingerprint density at radius 3 is 2.63 bits per heavy atom. The number of amidine groups is 1. The van der Waals surface area contributed by atoms with Crippen molar-refractivity contribution in [2.75, 3.05) is 38.0 Å². The predicted octanol–water partition coefficient (Wildman–Crippen LogP) is 3.18. The van der Waals surface area contributed by atoms with Crippen molar-refractivity contribution in [2.45, 2.75) is 19.1 Å². The van der Waals surface area contributed by atoms with Crippen LogP contribution in [0.4, 0.5) is 5.69 Å². The number of hydrogen-bond acceptors (Lipinski definition) is 5. The van der Waals surface area contributed by atoms with E-state index in [1.807, 2.05) is 36.0 Å². The Bertz CT molecular complexity index is 899. The molecule has 0 radical (unpaired) electrons. The fourth-order valence-electron chi connectivity index (χ4n) is 3.89. The number of thioether (sulfide) groups is 1. The van der Waals surface area contributed by atoms with E-state index in [4.69, 9.17) is 9.47 Å². The molecule has 0 fully saturated rings. The van der Waals surface area contributed by atoms with Crippen LogP contribution in [0.25, 0.3) is 0 Å². The van der Waals surface area contributed by atoms with Gasteiger partial charge in [0.25, 0.3) is 5.72 Å². The molecule has 0 bridgehead atoms. The van der Waals surface area contributed by atoms with Crippen molar-refractivity contribution in [1.82, 2.24) is 0 Å². The average molecular weight is 386 g/mol. The van der Waals surface area contributed by atoms with Crippen LogP contribution < -0.4 is 14.4 Å². The quantitative estimate of drug-likeness (QED) is 0.819. The molecule has 2 aliphatic rings. The summed E-state index contributed by atoms with van der Waals surface area (Å²) in [5.41, 5.74) is 2.05. The van der Waals surface area contributed by atoms with Gasteiger partial charge < -0.3 is 14.6 Å². The van der Waals surface area contributed by atoms with Crippen LogP contribution in [0, 0.1) is 6.92 Å². The smallest absolute Gasteiger partial charge is 0.316 e. The molecule has 27 heavy (non-hydrogen) atoms. The molecule has 142 valence electrons. The first-order valence-electron chi connectivity index (χ1n) is 9.14. The number of benzene rings is 2. The van der Waals surface area contributed by atoms with Crippen molar-refractivity contribution in [2.24, 2.45) is 0 Å². The summed E-state index contributed by atoms with van der Waals surface area (Å²) in [4.78, 5) is 2.25. The summed E-state index contributed by atoms with van der Waals surface area (Å²) in [7, 11) is 3.24. The van der Waals surface area contributed by atoms with E-state index in [1.54, 1.807) is 14.2 Å². The minimum absolute atomic E-state index is 0.482. The molecular weight excluding hydrogens is 360 g/mol. The van der Waals surface area contributed by atoms with Gasteiger partial charge in [-0.1, -0.05) is 18.2 Å². The van der Waals surface area contributed by atoms with Gasteiger partial charge in [0.2, 0.25) is 0 Å². The highest BCUT2D eigenvalue weighted by Crippen LogP contribution is 2.40. The van der Waals surface area contributed by atoms with Crippen LogP contribution in [0.2, 0.25) is 0 Å². The molecule has 0 unspecified atom stereocenters. The highest BCUT2D eigenvalue weighted by molar-refractivity contribution is 8.13. The largest absolute Gasteiger partial charge is 0.493 e. The van der Waals surface area contributed by atoms with E-state index >= 15 is 0 Å². The summed E-state index contributed by atoms with van der Waals surface area (Å²) in [5, 5.41) is 12.9. The second kappa shape index (κ2) is 7.09. The molecule has 1 atom stereocenters. The van der Waals surface area contributed by atoms with Gasteiger partial charge in [0.05, 0.1) is 20.8 Å². The van der Waals surface area contributed by atoms with Crippen molar-refractivity contribution in [3.8, 4) is 11.5 Å². The van der Waals surface area contributed by atoms with E-state index in [1.165, 1.54) is 5.56 Å². The summed E-state index contributed by atoms with van der Waals surface area (Å²) in [6.45, 7) is 3.42. The van der Waals surface area contributed by atoms with E-state index in [9.17, 15) is 5.11 Å². The topological polar surface area (TPSA) is 44.9 Å². The first-order chi connectivity index (χ1) is 13.1. The van der Waals surface area contributed by atoms with E-state index < -0.39 is 5.72 Å². The Morgan fingerprint density at radius 2 is 1.89 bits per heavy atom. The first kappa shape index (κ1) is 18.2. The van der Waals surface area contributed by atoms with Crippen LogP contribution in [0.15, 0.2) is 42.5 Å². The Morgan fingerprint density at radius 1 is 1.11 bits per heavy atom. The van der Waals surface area contributed by atoms with Gasteiger partial charge >= 0.3 is 5.17 Å². The van der Waals surface area contributed by atoms with Gasteiger partial charge in [0.1, 0.15) is 5.69 Å². The zero-order chi connectivity index (χ0) is 19.0. The molecule has 2 aromatic rings. The third-order valence-corrected chi connectivity index (χ3v) is 6.49. The number of nitrogens with zero attached hydrogens (tertiary/aromatic N) is 2. The second-order valence-corrected chi connectivity index (χ2v) is 7.96. The summed E-state index contributed by atoms with van der Waals surface area (Å²) in [6.07, 6.45) is 1.05. The van der Waals surface area contributed by atoms with Gasteiger partial charge in [-0.3, -0.25) is 0 Å². The highest BCUT2D eigenvalue weighted by Gasteiger charge is 2.53. The zero-order valence-electron chi connectivity index (χ0n) is 15.9. The second-order valence-electron chi connectivity index (χ2n) is 6.90. The zero-order valence-corrected chi connectivity index (χ0v) is 16.8. The minimum Gasteiger partial charge on any atom is -0.493 e. The molecule has 0 aromatic heterocycles. The number of rotatable bonds is 4. The van der Waals surface area contributed by atoms with Gasteiger partial charge in [-0.15, -0.1) is 0 Å². The van der Waals surface area contributed by atoms with Gasteiger partial charge in [-0.25, -0.2) is 9.48 Å².